The van der Waals surface area contributed by atoms with Crippen LogP contribution in [0.3, 0.4) is 0 Å². The number of aromatic nitrogens is 1. The summed E-state index contributed by atoms with van der Waals surface area (Å²) in [6, 6.07) is 5.64. The van der Waals surface area contributed by atoms with E-state index in [0.29, 0.717) is 0 Å². The molecule has 0 spiro atoms. The summed E-state index contributed by atoms with van der Waals surface area (Å²) < 4.78 is 36.1. The molecule has 2 aromatic rings. The van der Waals surface area contributed by atoms with E-state index in [4.69, 9.17) is 46.4 Å². The normalized spacial score (nSPS) is 13.2. The Balaban J connectivity index is 2.23. The summed E-state index contributed by atoms with van der Waals surface area (Å²) in [7, 11) is 0. The SMILES string of the molecule is O=C(NC(Nc1ccc(C(F)(F)F)cc1Cl)C(Cl)(Cl)Cl)c1cccnc1. The average molecular weight is 447 g/mol. The van der Waals surface area contributed by atoms with Crippen molar-refractivity contribution in [2.24, 2.45) is 0 Å². The second kappa shape index (κ2) is 8.08. The Kier molecular flexibility index (Phi) is 6.50. The summed E-state index contributed by atoms with van der Waals surface area (Å²) in [5, 5.41) is 4.79. The minimum Gasteiger partial charge on any atom is -0.361 e. The van der Waals surface area contributed by atoms with Gasteiger partial charge in [0.2, 0.25) is 3.79 Å². The highest BCUT2D eigenvalue weighted by Gasteiger charge is 2.35. The van der Waals surface area contributed by atoms with Crippen molar-refractivity contribution in [3.05, 3.63) is 58.9 Å². The summed E-state index contributed by atoms with van der Waals surface area (Å²) in [5.74, 6) is -0.607. The van der Waals surface area contributed by atoms with Crippen molar-refractivity contribution in [1.29, 1.82) is 0 Å². The predicted octanol–water partition coefficient (Wildman–Crippen LogP) is 5.29. The van der Waals surface area contributed by atoms with E-state index in [1.165, 1.54) is 18.5 Å². The van der Waals surface area contributed by atoms with Crippen LogP contribution in [0.1, 0.15) is 15.9 Å². The Morgan fingerprint density at radius 1 is 1.15 bits per heavy atom. The highest BCUT2D eigenvalue weighted by atomic mass is 35.6. The molecule has 4 nitrogen and oxygen atoms in total. The second-order valence-corrected chi connectivity index (χ2v) is 7.80. The number of hydrogen-bond acceptors (Lipinski definition) is 3. The smallest absolute Gasteiger partial charge is 0.361 e. The van der Waals surface area contributed by atoms with E-state index >= 15 is 0 Å². The first kappa shape index (κ1) is 20.9. The van der Waals surface area contributed by atoms with Gasteiger partial charge in [-0.1, -0.05) is 46.4 Å². The molecule has 0 saturated carbocycles. The third-order valence-corrected chi connectivity index (χ3v) is 4.09. The fourth-order valence-corrected chi connectivity index (χ4v) is 2.44. The third-order valence-electron chi connectivity index (χ3n) is 3.12. The molecule has 0 bridgehead atoms. The fourth-order valence-electron chi connectivity index (χ4n) is 1.88. The number of amides is 1. The van der Waals surface area contributed by atoms with Crippen LogP contribution >= 0.6 is 46.4 Å². The molecule has 0 fully saturated rings. The van der Waals surface area contributed by atoms with Gasteiger partial charge >= 0.3 is 6.18 Å². The summed E-state index contributed by atoms with van der Waals surface area (Å²) in [6.07, 6.45) is -3.06. The van der Waals surface area contributed by atoms with Gasteiger partial charge in [0.1, 0.15) is 6.17 Å². The zero-order chi connectivity index (χ0) is 19.5. The van der Waals surface area contributed by atoms with Crippen LogP contribution in [-0.2, 0) is 6.18 Å². The van der Waals surface area contributed by atoms with Gasteiger partial charge in [-0.3, -0.25) is 9.78 Å². The Morgan fingerprint density at radius 3 is 2.35 bits per heavy atom. The molecule has 1 amide bonds. The second-order valence-electron chi connectivity index (χ2n) is 5.03. The lowest BCUT2D eigenvalue weighted by atomic mass is 10.2. The minimum absolute atomic E-state index is 0.0440. The quantitative estimate of drug-likeness (QED) is 0.495. The van der Waals surface area contributed by atoms with Gasteiger partial charge in [-0.15, -0.1) is 0 Å². The molecule has 2 N–H and O–H groups in total. The van der Waals surface area contributed by atoms with E-state index in [1.54, 1.807) is 6.07 Å². The topological polar surface area (TPSA) is 54.0 Å². The maximum atomic E-state index is 12.7. The predicted molar refractivity (Wildman–Crippen MR) is 95.9 cm³/mol. The Hall–Kier alpha value is -1.41. The van der Waals surface area contributed by atoms with Crippen LogP contribution in [0.2, 0.25) is 5.02 Å². The molecule has 1 atom stereocenters. The van der Waals surface area contributed by atoms with E-state index in [1.807, 2.05) is 0 Å². The first-order valence-corrected chi connectivity index (χ1v) is 8.40. The number of hydrogen-bond donors (Lipinski definition) is 2. The average Bonchev–Trinajstić information content (AvgIpc) is 2.54. The van der Waals surface area contributed by atoms with Gasteiger partial charge < -0.3 is 10.6 Å². The van der Waals surface area contributed by atoms with Crippen molar-refractivity contribution >= 4 is 58.0 Å². The molecule has 1 heterocycles. The van der Waals surface area contributed by atoms with Crippen LogP contribution in [0, 0.1) is 0 Å². The lowest BCUT2D eigenvalue weighted by molar-refractivity contribution is -0.137. The number of nitrogens with one attached hydrogen (secondary N) is 2. The first-order valence-electron chi connectivity index (χ1n) is 6.89. The zero-order valence-corrected chi connectivity index (χ0v) is 15.6. The minimum atomic E-state index is -4.55. The molecule has 0 aliphatic heterocycles. The molecule has 0 aliphatic carbocycles. The number of alkyl halides is 6. The molecule has 2 rings (SSSR count). The Morgan fingerprint density at radius 2 is 1.85 bits per heavy atom. The van der Waals surface area contributed by atoms with Gasteiger partial charge in [-0.2, -0.15) is 13.2 Å². The number of nitrogens with zero attached hydrogens (tertiary/aromatic N) is 1. The number of rotatable bonds is 4. The van der Waals surface area contributed by atoms with Crippen LogP contribution < -0.4 is 10.6 Å². The fraction of sp³-hybridized carbons (Fsp3) is 0.200. The van der Waals surface area contributed by atoms with Gasteiger partial charge in [0.05, 0.1) is 21.8 Å². The molecule has 1 unspecified atom stereocenters. The molecule has 0 radical (unpaired) electrons. The number of pyridine rings is 1. The van der Waals surface area contributed by atoms with Crippen LogP contribution in [0.25, 0.3) is 0 Å². The molecular formula is C15H10Cl4F3N3O. The molecule has 140 valence electrons. The number of benzene rings is 1. The van der Waals surface area contributed by atoms with Crippen molar-refractivity contribution in [1.82, 2.24) is 10.3 Å². The van der Waals surface area contributed by atoms with Crippen LogP contribution in [0.5, 0.6) is 0 Å². The highest BCUT2D eigenvalue weighted by Crippen LogP contribution is 2.36. The Bertz CT molecular complexity index is 782. The monoisotopic (exact) mass is 445 g/mol. The van der Waals surface area contributed by atoms with E-state index in [9.17, 15) is 18.0 Å². The van der Waals surface area contributed by atoms with E-state index < -0.39 is 27.6 Å². The molecule has 0 aliphatic rings. The van der Waals surface area contributed by atoms with Crippen molar-refractivity contribution < 1.29 is 18.0 Å². The van der Waals surface area contributed by atoms with E-state index in [0.717, 1.165) is 18.2 Å². The van der Waals surface area contributed by atoms with Gasteiger partial charge in [0, 0.05) is 12.4 Å². The summed E-state index contributed by atoms with van der Waals surface area (Å²) in [4.78, 5) is 16.0. The highest BCUT2D eigenvalue weighted by molar-refractivity contribution is 6.68. The zero-order valence-electron chi connectivity index (χ0n) is 12.6. The number of carbonyl (C=O) groups excluding carboxylic acids is 1. The lowest BCUT2D eigenvalue weighted by Crippen LogP contribution is -2.49. The third kappa shape index (κ3) is 5.54. The molecule has 11 heteroatoms. The first-order chi connectivity index (χ1) is 12.0. The summed E-state index contributed by atoms with van der Waals surface area (Å²) in [6.45, 7) is 0. The van der Waals surface area contributed by atoms with Crippen molar-refractivity contribution in [2.75, 3.05) is 5.32 Å². The molecular weight excluding hydrogens is 437 g/mol. The summed E-state index contributed by atoms with van der Waals surface area (Å²) in [5.41, 5.74) is -0.688. The molecule has 26 heavy (non-hydrogen) atoms. The van der Waals surface area contributed by atoms with Crippen molar-refractivity contribution in [2.45, 2.75) is 16.1 Å². The standard InChI is InChI=1S/C15H10Cl4F3N3O/c16-10-6-9(15(20,21)22)3-4-11(10)24-13(14(17,18)19)25-12(26)8-2-1-5-23-7-8/h1-7,13,24H,(H,25,26). The van der Waals surface area contributed by atoms with Crippen LogP contribution in [0.15, 0.2) is 42.7 Å². The van der Waals surface area contributed by atoms with E-state index in [-0.39, 0.29) is 16.3 Å². The number of anilines is 1. The van der Waals surface area contributed by atoms with Gasteiger partial charge in [-0.25, -0.2) is 0 Å². The van der Waals surface area contributed by atoms with Gasteiger partial charge in [0.25, 0.3) is 5.91 Å². The van der Waals surface area contributed by atoms with Crippen molar-refractivity contribution in [3.8, 4) is 0 Å². The summed E-state index contributed by atoms with van der Waals surface area (Å²) >= 11 is 23.4. The van der Waals surface area contributed by atoms with Crippen LogP contribution in [0.4, 0.5) is 18.9 Å². The Labute approximate surface area is 166 Å². The molecule has 1 aromatic carbocycles. The molecule has 1 aromatic heterocycles. The molecule has 0 saturated heterocycles. The maximum absolute atomic E-state index is 12.7. The van der Waals surface area contributed by atoms with Gasteiger partial charge in [0.15, 0.2) is 0 Å². The van der Waals surface area contributed by atoms with E-state index in [2.05, 4.69) is 15.6 Å². The number of halogens is 7. The largest absolute Gasteiger partial charge is 0.416 e. The van der Waals surface area contributed by atoms with Gasteiger partial charge in [-0.05, 0) is 30.3 Å². The maximum Gasteiger partial charge on any atom is 0.416 e. The lowest BCUT2D eigenvalue weighted by Gasteiger charge is -2.28. The number of carbonyl (C=O) groups is 1. The van der Waals surface area contributed by atoms with Crippen LogP contribution in [-0.4, -0.2) is 20.8 Å². The van der Waals surface area contributed by atoms with Crippen molar-refractivity contribution in [3.63, 3.8) is 0 Å².